The molecule has 5 heteroatoms. The summed E-state index contributed by atoms with van der Waals surface area (Å²) in [5, 5.41) is 0. The van der Waals surface area contributed by atoms with Gasteiger partial charge in [-0.05, 0) is 63.4 Å². The molecule has 0 N–H and O–H groups in total. The highest BCUT2D eigenvalue weighted by atomic mass is 16.7. The molecular weight excluding hydrogens is 392 g/mol. The van der Waals surface area contributed by atoms with Crippen LogP contribution in [0.2, 0.25) is 0 Å². The Kier molecular flexibility index (Phi) is 6.75. The van der Waals surface area contributed by atoms with E-state index >= 15 is 0 Å². The normalized spacial score (nSPS) is 11.0. The van der Waals surface area contributed by atoms with E-state index < -0.39 is 17.7 Å². The number of hydrogen-bond acceptors (Lipinski definition) is 5. The molecule has 5 nitrogen and oxygen atoms in total. The summed E-state index contributed by atoms with van der Waals surface area (Å²) in [5.41, 5.74) is 2.33. The predicted molar refractivity (Wildman–Crippen MR) is 119 cm³/mol. The number of benzene rings is 3. The van der Waals surface area contributed by atoms with Gasteiger partial charge in [0.15, 0.2) is 0 Å². The first kappa shape index (κ1) is 22.1. The Hall–Kier alpha value is -3.60. The molecule has 3 rings (SSSR count). The summed E-state index contributed by atoms with van der Waals surface area (Å²) < 4.78 is 16.2. The number of carbonyl (C=O) groups excluding carboxylic acids is 2. The van der Waals surface area contributed by atoms with Crippen LogP contribution in [0.15, 0.2) is 72.8 Å². The third-order valence-electron chi connectivity index (χ3n) is 4.37. The highest BCUT2D eigenvalue weighted by Gasteiger charge is 2.24. The fourth-order valence-electron chi connectivity index (χ4n) is 2.97. The third kappa shape index (κ3) is 6.44. The Balaban J connectivity index is 1.96. The van der Waals surface area contributed by atoms with Crippen LogP contribution < -0.4 is 9.47 Å². The maximum Gasteiger partial charge on any atom is 0.514 e. The molecule has 3 aromatic carbocycles. The van der Waals surface area contributed by atoms with Gasteiger partial charge in [-0.25, -0.2) is 9.59 Å². The number of ether oxygens (including phenoxy) is 3. The molecule has 0 amide bonds. The van der Waals surface area contributed by atoms with Crippen molar-refractivity contribution >= 4 is 12.1 Å². The van der Waals surface area contributed by atoms with E-state index in [0.717, 1.165) is 11.1 Å². The van der Waals surface area contributed by atoms with E-state index in [2.05, 4.69) is 0 Å². The zero-order valence-electron chi connectivity index (χ0n) is 18.2. The van der Waals surface area contributed by atoms with Crippen molar-refractivity contribution in [3.63, 3.8) is 0 Å². The van der Waals surface area contributed by atoms with Crippen molar-refractivity contribution in [2.75, 3.05) is 0 Å². The highest BCUT2D eigenvalue weighted by molar-refractivity contribution is 5.96. The first-order valence-corrected chi connectivity index (χ1v) is 10.1. The van der Waals surface area contributed by atoms with Gasteiger partial charge in [0.1, 0.15) is 22.7 Å². The maximum absolute atomic E-state index is 13.1. The summed E-state index contributed by atoms with van der Waals surface area (Å²) >= 11 is 0. The van der Waals surface area contributed by atoms with E-state index in [1.807, 2.05) is 43.3 Å². The van der Waals surface area contributed by atoms with Crippen LogP contribution in [-0.2, 0) is 11.2 Å². The van der Waals surface area contributed by atoms with Crippen LogP contribution in [0, 0.1) is 6.92 Å². The Labute approximate surface area is 182 Å². The van der Waals surface area contributed by atoms with Crippen LogP contribution in [-0.4, -0.2) is 17.7 Å². The van der Waals surface area contributed by atoms with E-state index in [1.54, 1.807) is 57.2 Å². The number of hydrogen-bond donors (Lipinski definition) is 0. The molecule has 160 valence electrons. The first-order chi connectivity index (χ1) is 14.7. The molecule has 0 saturated heterocycles. The molecule has 0 aliphatic rings. The Morgan fingerprint density at radius 1 is 0.806 bits per heavy atom. The van der Waals surface area contributed by atoms with Crippen molar-refractivity contribution in [1.29, 1.82) is 0 Å². The van der Waals surface area contributed by atoms with E-state index in [9.17, 15) is 9.59 Å². The smallest absolute Gasteiger partial charge is 0.428 e. The van der Waals surface area contributed by atoms with Crippen LogP contribution in [0.4, 0.5) is 4.79 Å². The fraction of sp³-hybridized carbons (Fsp3) is 0.231. The molecule has 31 heavy (non-hydrogen) atoms. The monoisotopic (exact) mass is 418 g/mol. The molecule has 0 aliphatic carbocycles. The largest absolute Gasteiger partial charge is 0.514 e. The van der Waals surface area contributed by atoms with Gasteiger partial charge < -0.3 is 14.2 Å². The van der Waals surface area contributed by atoms with Crippen LogP contribution >= 0.6 is 0 Å². The molecule has 0 aromatic heterocycles. The second kappa shape index (κ2) is 9.47. The molecular formula is C26H26O5. The zero-order valence-corrected chi connectivity index (χ0v) is 18.2. The van der Waals surface area contributed by atoms with Gasteiger partial charge in [-0.3, -0.25) is 0 Å². The number of rotatable bonds is 5. The van der Waals surface area contributed by atoms with E-state index in [-0.39, 0.29) is 11.3 Å². The molecule has 0 radical (unpaired) electrons. The molecule has 0 fully saturated rings. The van der Waals surface area contributed by atoms with Crippen LogP contribution in [0.1, 0.15) is 47.8 Å². The van der Waals surface area contributed by atoms with E-state index in [1.165, 1.54) is 0 Å². The molecule has 0 aliphatic heterocycles. The average Bonchev–Trinajstić information content (AvgIpc) is 2.69. The van der Waals surface area contributed by atoms with Crippen molar-refractivity contribution < 1.29 is 23.8 Å². The van der Waals surface area contributed by atoms with Crippen molar-refractivity contribution in [2.24, 2.45) is 0 Å². The van der Waals surface area contributed by atoms with Gasteiger partial charge in [0.2, 0.25) is 0 Å². The standard InChI is InChI=1S/C26H26O5/c1-18-13-15-19(16-14-18)17-20-9-8-12-22(30-25(28)31-26(2,3)4)23(20)24(27)29-21-10-6-5-7-11-21/h5-16H,17H2,1-4H3. The topological polar surface area (TPSA) is 61.8 Å². The summed E-state index contributed by atoms with van der Waals surface area (Å²) in [5.74, 6) is -0.104. The van der Waals surface area contributed by atoms with Crippen LogP contribution in [0.25, 0.3) is 0 Å². The number of aryl methyl sites for hydroxylation is 1. The summed E-state index contributed by atoms with van der Waals surface area (Å²) in [7, 11) is 0. The summed E-state index contributed by atoms with van der Waals surface area (Å²) in [6.07, 6.45) is -0.404. The first-order valence-electron chi connectivity index (χ1n) is 10.1. The van der Waals surface area contributed by atoms with Gasteiger partial charge in [0.05, 0.1) is 0 Å². The molecule has 0 heterocycles. The van der Waals surface area contributed by atoms with Gasteiger partial charge in [-0.2, -0.15) is 0 Å². The lowest BCUT2D eigenvalue weighted by atomic mass is 9.98. The van der Waals surface area contributed by atoms with Crippen LogP contribution in [0.3, 0.4) is 0 Å². The lowest BCUT2D eigenvalue weighted by Gasteiger charge is -2.20. The SMILES string of the molecule is Cc1ccc(Cc2cccc(OC(=O)OC(C)(C)C)c2C(=O)Oc2ccccc2)cc1. The number of esters is 1. The quantitative estimate of drug-likeness (QED) is 0.284. The Morgan fingerprint density at radius 2 is 1.48 bits per heavy atom. The lowest BCUT2D eigenvalue weighted by molar-refractivity contribution is 0.0204. The summed E-state index contributed by atoms with van der Waals surface area (Å²) in [4.78, 5) is 25.4. The van der Waals surface area contributed by atoms with Crippen molar-refractivity contribution in [3.05, 3.63) is 95.1 Å². The van der Waals surface area contributed by atoms with Gasteiger partial charge in [0.25, 0.3) is 0 Å². The molecule has 0 saturated carbocycles. The van der Waals surface area contributed by atoms with Crippen LogP contribution in [0.5, 0.6) is 11.5 Å². The van der Waals surface area contributed by atoms with Gasteiger partial charge in [-0.15, -0.1) is 0 Å². The third-order valence-corrected chi connectivity index (χ3v) is 4.37. The summed E-state index contributed by atoms with van der Waals surface area (Å²) in [6, 6.07) is 21.9. The molecule has 0 unspecified atom stereocenters. The minimum absolute atomic E-state index is 0.0970. The van der Waals surface area contributed by atoms with Gasteiger partial charge in [-0.1, -0.05) is 60.2 Å². The molecule has 3 aromatic rings. The predicted octanol–water partition coefficient (Wildman–Crippen LogP) is 6.12. The van der Waals surface area contributed by atoms with Crippen molar-refractivity contribution in [1.82, 2.24) is 0 Å². The number of para-hydroxylation sites is 1. The number of carbonyl (C=O) groups is 2. The fourth-order valence-corrected chi connectivity index (χ4v) is 2.97. The Morgan fingerprint density at radius 3 is 2.13 bits per heavy atom. The van der Waals surface area contributed by atoms with Gasteiger partial charge in [0, 0.05) is 0 Å². The lowest BCUT2D eigenvalue weighted by Crippen LogP contribution is -2.26. The molecule has 0 bridgehead atoms. The van der Waals surface area contributed by atoms with E-state index in [4.69, 9.17) is 14.2 Å². The van der Waals surface area contributed by atoms with Crippen molar-refractivity contribution in [2.45, 2.75) is 39.7 Å². The maximum atomic E-state index is 13.1. The van der Waals surface area contributed by atoms with Crippen molar-refractivity contribution in [3.8, 4) is 11.5 Å². The minimum atomic E-state index is -0.881. The Bertz CT molecular complexity index is 1050. The zero-order chi connectivity index (χ0) is 22.4. The molecule has 0 atom stereocenters. The van der Waals surface area contributed by atoms with E-state index in [0.29, 0.717) is 17.7 Å². The summed E-state index contributed by atoms with van der Waals surface area (Å²) in [6.45, 7) is 7.24. The second-order valence-electron chi connectivity index (χ2n) is 8.22. The molecule has 0 spiro atoms. The minimum Gasteiger partial charge on any atom is -0.428 e. The van der Waals surface area contributed by atoms with Gasteiger partial charge >= 0.3 is 12.1 Å². The average molecular weight is 418 g/mol. The second-order valence-corrected chi connectivity index (χ2v) is 8.22. The highest BCUT2D eigenvalue weighted by Crippen LogP contribution is 2.28.